The molecule has 2 aromatic carbocycles. The van der Waals surface area contributed by atoms with Crippen LogP contribution in [0.25, 0.3) is 11.4 Å². The van der Waals surface area contributed by atoms with Gasteiger partial charge >= 0.3 is 0 Å². The fourth-order valence-corrected chi connectivity index (χ4v) is 2.69. The Hall–Kier alpha value is -3.33. The van der Waals surface area contributed by atoms with Crippen molar-refractivity contribution in [1.82, 2.24) is 14.9 Å². The number of ether oxygens (including phenoxy) is 3. The van der Waals surface area contributed by atoms with Gasteiger partial charge in [0.1, 0.15) is 5.75 Å². The molecule has 1 heterocycles. The zero-order valence-electron chi connectivity index (χ0n) is 15.0. The minimum absolute atomic E-state index is 0.116. The van der Waals surface area contributed by atoms with Gasteiger partial charge in [-0.15, -0.1) is 0 Å². The molecule has 2 N–H and O–H groups in total. The van der Waals surface area contributed by atoms with Crippen molar-refractivity contribution in [3.8, 4) is 34.4 Å². The summed E-state index contributed by atoms with van der Waals surface area (Å²) >= 11 is 5.27. The van der Waals surface area contributed by atoms with Crippen LogP contribution in [0.3, 0.4) is 0 Å². The summed E-state index contributed by atoms with van der Waals surface area (Å²) in [6, 6.07) is 10.3. The topological polar surface area (TPSA) is 93.9 Å². The Morgan fingerprint density at radius 2 is 1.78 bits per heavy atom. The first-order chi connectivity index (χ1) is 13.1. The molecule has 0 unspecified atom stereocenters. The lowest BCUT2D eigenvalue weighted by Gasteiger charge is -2.13. The molecule has 9 heteroatoms. The smallest absolute Gasteiger partial charge is 0.216 e. The maximum atomic E-state index is 9.89. The molecule has 140 valence electrons. The molecule has 0 spiro atoms. The highest BCUT2D eigenvalue weighted by Crippen LogP contribution is 2.40. The number of hydrogen-bond donors (Lipinski definition) is 2. The summed E-state index contributed by atoms with van der Waals surface area (Å²) in [4.78, 5) is 0. The quantitative estimate of drug-likeness (QED) is 0.499. The number of H-pyrrole nitrogens is 1. The summed E-state index contributed by atoms with van der Waals surface area (Å²) in [6.45, 7) is 0. The normalized spacial score (nSPS) is 10.9. The molecule has 0 atom stereocenters. The first-order valence-corrected chi connectivity index (χ1v) is 8.30. The van der Waals surface area contributed by atoms with E-state index in [-0.39, 0.29) is 5.75 Å². The van der Waals surface area contributed by atoms with E-state index in [1.165, 1.54) is 32.2 Å². The summed E-state index contributed by atoms with van der Waals surface area (Å²) in [5.74, 6) is 2.01. The standard InChI is InChI=1S/C18H18N4O4S/c1-24-14-8-12(9-15(25-2)16(14)26-3)17-20-21-18(27)22(17)19-10-11-6-4-5-7-13(11)23/h4-10,23H,1-3H3,(H,21,27)/b19-10-. The zero-order valence-corrected chi connectivity index (χ0v) is 15.8. The molecular formula is C18H18N4O4S. The molecule has 0 saturated heterocycles. The third-order valence-electron chi connectivity index (χ3n) is 3.82. The fraction of sp³-hybridized carbons (Fsp3) is 0.167. The van der Waals surface area contributed by atoms with Crippen LogP contribution >= 0.6 is 12.2 Å². The summed E-state index contributed by atoms with van der Waals surface area (Å²) in [5.41, 5.74) is 1.21. The molecule has 0 amide bonds. The second-order valence-electron chi connectivity index (χ2n) is 5.38. The average Bonchev–Trinajstić information content (AvgIpc) is 3.06. The molecule has 8 nitrogen and oxygen atoms in total. The van der Waals surface area contributed by atoms with E-state index >= 15 is 0 Å². The number of aromatic amines is 1. The summed E-state index contributed by atoms with van der Waals surface area (Å²) in [7, 11) is 4.61. The number of methoxy groups -OCH3 is 3. The zero-order chi connectivity index (χ0) is 19.4. The molecule has 27 heavy (non-hydrogen) atoms. The van der Waals surface area contributed by atoms with Gasteiger partial charge in [0.2, 0.25) is 10.5 Å². The highest BCUT2D eigenvalue weighted by molar-refractivity contribution is 7.71. The Kier molecular flexibility index (Phi) is 5.41. The number of rotatable bonds is 6. The van der Waals surface area contributed by atoms with Crippen molar-refractivity contribution in [2.24, 2.45) is 5.10 Å². The molecule has 0 radical (unpaired) electrons. The Labute approximate surface area is 160 Å². The van der Waals surface area contributed by atoms with E-state index in [1.54, 1.807) is 36.4 Å². The van der Waals surface area contributed by atoms with E-state index in [1.807, 2.05) is 0 Å². The lowest BCUT2D eigenvalue weighted by atomic mass is 10.1. The van der Waals surface area contributed by atoms with Gasteiger partial charge in [-0.25, -0.2) is 5.10 Å². The average molecular weight is 386 g/mol. The molecular weight excluding hydrogens is 368 g/mol. The Morgan fingerprint density at radius 3 is 2.37 bits per heavy atom. The maximum absolute atomic E-state index is 9.89. The lowest BCUT2D eigenvalue weighted by Crippen LogP contribution is -1.99. The molecule has 0 saturated carbocycles. The third-order valence-corrected chi connectivity index (χ3v) is 4.09. The van der Waals surface area contributed by atoms with Crippen LogP contribution in [0.2, 0.25) is 0 Å². The Balaban J connectivity index is 2.10. The SMILES string of the molecule is COc1cc(-c2n[nH]c(=S)n2/N=C\c2ccccc2O)cc(OC)c1OC. The van der Waals surface area contributed by atoms with Crippen molar-refractivity contribution in [3.05, 3.63) is 46.7 Å². The number of phenolic OH excluding ortho intramolecular Hbond substituents is 1. The van der Waals surface area contributed by atoms with Gasteiger partial charge in [-0.1, -0.05) is 12.1 Å². The number of nitrogens with zero attached hydrogens (tertiary/aromatic N) is 3. The highest BCUT2D eigenvalue weighted by Gasteiger charge is 2.17. The van der Waals surface area contributed by atoms with Gasteiger partial charge in [-0.2, -0.15) is 14.9 Å². The van der Waals surface area contributed by atoms with Crippen molar-refractivity contribution in [2.75, 3.05) is 21.3 Å². The number of hydrogen-bond acceptors (Lipinski definition) is 7. The predicted molar refractivity (Wildman–Crippen MR) is 104 cm³/mol. The number of nitrogens with one attached hydrogen (secondary N) is 1. The van der Waals surface area contributed by atoms with Crippen molar-refractivity contribution in [3.63, 3.8) is 0 Å². The first-order valence-electron chi connectivity index (χ1n) is 7.89. The van der Waals surface area contributed by atoms with Crippen LogP contribution < -0.4 is 14.2 Å². The van der Waals surface area contributed by atoms with Gasteiger partial charge in [0.05, 0.1) is 27.5 Å². The van der Waals surface area contributed by atoms with Gasteiger partial charge in [0.25, 0.3) is 0 Å². The summed E-state index contributed by atoms with van der Waals surface area (Å²) < 4.78 is 17.8. The Morgan fingerprint density at radius 1 is 1.11 bits per heavy atom. The van der Waals surface area contributed by atoms with Gasteiger partial charge in [0, 0.05) is 11.1 Å². The van der Waals surface area contributed by atoms with Crippen molar-refractivity contribution < 1.29 is 19.3 Å². The molecule has 1 aromatic heterocycles. The van der Waals surface area contributed by atoms with Crippen LogP contribution in [-0.4, -0.2) is 47.5 Å². The van der Waals surface area contributed by atoms with Crippen LogP contribution in [0, 0.1) is 4.77 Å². The predicted octanol–water partition coefficient (Wildman–Crippen LogP) is 3.22. The molecule has 0 aliphatic heterocycles. The van der Waals surface area contributed by atoms with Crippen LogP contribution in [-0.2, 0) is 0 Å². The monoisotopic (exact) mass is 386 g/mol. The van der Waals surface area contributed by atoms with Crippen LogP contribution in [0.4, 0.5) is 0 Å². The molecule has 3 aromatic rings. The van der Waals surface area contributed by atoms with E-state index < -0.39 is 0 Å². The second kappa shape index (κ2) is 7.92. The number of aromatic nitrogens is 3. The number of aromatic hydroxyl groups is 1. The molecule has 0 bridgehead atoms. The number of benzene rings is 2. The minimum Gasteiger partial charge on any atom is -0.507 e. The van der Waals surface area contributed by atoms with E-state index in [0.717, 1.165) is 0 Å². The van der Waals surface area contributed by atoms with Crippen LogP contribution in [0.15, 0.2) is 41.5 Å². The van der Waals surface area contributed by atoms with E-state index in [2.05, 4.69) is 15.3 Å². The number of phenols is 1. The van der Waals surface area contributed by atoms with Crippen LogP contribution in [0.1, 0.15) is 5.56 Å². The van der Waals surface area contributed by atoms with Gasteiger partial charge in [0.15, 0.2) is 17.3 Å². The molecule has 0 aliphatic rings. The van der Waals surface area contributed by atoms with E-state index in [0.29, 0.717) is 39.0 Å². The fourth-order valence-electron chi connectivity index (χ4n) is 2.51. The molecule has 0 fully saturated rings. The minimum atomic E-state index is 0.116. The first kappa shape index (κ1) is 18.5. The van der Waals surface area contributed by atoms with Crippen LogP contribution in [0.5, 0.6) is 23.0 Å². The van der Waals surface area contributed by atoms with Gasteiger partial charge in [-0.05, 0) is 36.5 Å². The number of para-hydroxylation sites is 1. The van der Waals surface area contributed by atoms with E-state index in [4.69, 9.17) is 26.4 Å². The maximum Gasteiger partial charge on any atom is 0.216 e. The Bertz CT molecular complexity index is 1020. The van der Waals surface area contributed by atoms with Gasteiger partial charge in [-0.3, -0.25) is 0 Å². The summed E-state index contributed by atoms with van der Waals surface area (Å²) in [5, 5.41) is 21.2. The van der Waals surface area contributed by atoms with E-state index in [9.17, 15) is 5.11 Å². The van der Waals surface area contributed by atoms with Gasteiger partial charge < -0.3 is 19.3 Å². The third kappa shape index (κ3) is 3.63. The lowest BCUT2D eigenvalue weighted by molar-refractivity contribution is 0.324. The van der Waals surface area contributed by atoms with Crippen molar-refractivity contribution >= 4 is 18.4 Å². The van der Waals surface area contributed by atoms with Crippen molar-refractivity contribution in [1.29, 1.82) is 0 Å². The largest absolute Gasteiger partial charge is 0.507 e. The molecule has 0 aliphatic carbocycles. The van der Waals surface area contributed by atoms with Crippen molar-refractivity contribution in [2.45, 2.75) is 0 Å². The summed E-state index contributed by atoms with van der Waals surface area (Å²) in [6.07, 6.45) is 1.50. The second-order valence-corrected chi connectivity index (χ2v) is 5.77. The molecule has 3 rings (SSSR count). The highest BCUT2D eigenvalue weighted by atomic mass is 32.1.